The van der Waals surface area contributed by atoms with Crippen LogP contribution in [-0.4, -0.2) is 18.8 Å². The van der Waals surface area contributed by atoms with Gasteiger partial charge in [0.25, 0.3) is 0 Å². The molecule has 2 aliphatic rings. The van der Waals surface area contributed by atoms with Crippen LogP contribution in [0.15, 0.2) is 89.1 Å². The second-order valence-electron chi connectivity index (χ2n) is 10.7. The van der Waals surface area contributed by atoms with Gasteiger partial charge in [0.05, 0.1) is 13.7 Å². The molecular formula is C32H42O2. The van der Waals surface area contributed by atoms with E-state index in [1.54, 1.807) is 7.11 Å². The number of methoxy groups -OCH3 is 1. The molecule has 1 aromatic carbocycles. The van der Waals surface area contributed by atoms with Gasteiger partial charge in [-0.2, -0.15) is 0 Å². The van der Waals surface area contributed by atoms with Crippen molar-refractivity contribution in [2.45, 2.75) is 66.2 Å². The van der Waals surface area contributed by atoms with Crippen molar-refractivity contribution in [3.05, 3.63) is 100 Å². The molecule has 3 rings (SSSR count). The van der Waals surface area contributed by atoms with Crippen LogP contribution < -0.4 is 0 Å². The van der Waals surface area contributed by atoms with E-state index < -0.39 is 0 Å². The van der Waals surface area contributed by atoms with Crippen molar-refractivity contribution in [1.82, 2.24) is 0 Å². The van der Waals surface area contributed by atoms with E-state index in [2.05, 4.69) is 89.3 Å². The minimum Gasteiger partial charge on any atom is -0.496 e. The van der Waals surface area contributed by atoms with E-state index in [9.17, 15) is 0 Å². The maximum atomic E-state index is 9.01. The Kier molecular flexibility index (Phi) is 8.25. The molecule has 2 atom stereocenters. The first-order chi connectivity index (χ1) is 16.1. The van der Waals surface area contributed by atoms with Crippen LogP contribution in [-0.2, 0) is 10.2 Å². The maximum absolute atomic E-state index is 9.01. The SMILES string of the molecule is COC1=CCC(C)(C2CCC(C)=C(/C=C/C(C)=C/C=C/C(C)=C/CO)C2(C)C)c2ccccc21. The molecule has 0 saturated heterocycles. The lowest BCUT2D eigenvalue weighted by atomic mass is 9.52. The van der Waals surface area contributed by atoms with E-state index in [0.717, 1.165) is 24.2 Å². The number of fused-ring (bicyclic) bond motifs is 1. The first kappa shape index (κ1) is 26.0. The Morgan fingerprint density at radius 2 is 1.85 bits per heavy atom. The van der Waals surface area contributed by atoms with Crippen LogP contribution in [0.1, 0.15) is 71.9 Å². The molecule has 2 unspecified atom stereocenters. The summed E-state index contributed by atoms with van der Waals surface area (Å²) in [5.74, 6) is 1.53. The van der Waals surface area contributed by atoms with Gasteiger partial charge in [0.2, 0.25) is 0 Å². The van der Waals surface area contributed by atoms with E-state index in [0.29, 0.717) is 5.92 Å². The molecule has 2 nitrogen and oxygen atoms in total. The molecule has 1 aromatic rings. The summed E-state index contributed by atoms with van der Waals surface area (Å²) < 4.78 is 5.73. The fraction of sp³-hybridized carbons (Fsp3) is 0.438. The summed E-state index contributed by atoms with van der Waals surface area (Å²) >= 11 is 0. The number of aliphatic hydroxyl groups is 1. The Bertz CT molecular complexity index is 1070. The van der Waals surface area contributed by atoms with Gasteiger partial charge in [0.15, 0.2) is 0 Å². The first-order valence-electron chi connectivity index (χ1n) is 12.5. The highest BCUT2D eigenvalue weighted by atomic mass is 16.5. The van der Waals surface area contributed by atoms with Crippen LogP contribution in [0.5, 0.6) is 0 Å². The van der Waals surface area contributed by atoms with Crippen LogP contribution in [0.4, 0.5) is 0 Å². The molecule has 0 heterocycles. The minimum atomic E-state index is 0.0513. The lowest BCUT2D eigenvalue weighted by molar-refractivity contribution is 0.128. The molecular weight excluding hydrogens is 416 g/mol. The predicted octanol–water partition coefficient (Wildman–Crippen LogP) is 8.09. The highest BCUT2D eigenvalue weighted by molar-refractivity contribution is 5.67. The number of ether oxygens (including phenoxy) is 1. The molecule has 0 radical (unpaired) electrons. The second kappa shape index (κ2) is 10.8. The topological polar surface area (TPSA) is 29.5 Å². The zero-order valence-corrected chi connectivity index (χ0v) is 22.1. The van der Waals surface area contributed by atoms with Crippen LogP contribution >= 0.6 is 0 Å². The molecule has 1 N–H and O–H groups in total. The summed E-state index contributed by atoms with van der Waals surface area (Å²) in [6.45, 7) is 13.9. The van der Waals surface area contributed by atoms with Gasteiger partial charge in [0.1, 0.15) is 5.76 Å². The van der Waals surface area contributed by atoms with Crippen molar-refractivity contribution in [2.75, 3.05) is 13.7 Å². The molecule has 2 heteroatoms. The summed E-state index contributed by atoms with van der Waals surface area (Å²) in [6.07, 6.45) is 18.3. The third-order valence-electron chi connectivity index (χ3n) is 7.99. The highest BCUT2D eigenvalue weighted by Gasteiger charge is 2.49. The molecule has 0 amide bonds. The number of hydrogen-bond donors (Lipinski definition) is 1. The van der Waals surface area contributed by atoms with E-state index in [1.807, 2.05) is 19.1 Å². The molecule has 34 heavy (non-hydrogen) atoms. The van der Waals surface area contributed by atoms with Crippen molar-refractivity contribution in [3.8, 4) is 0 Å². The van der Waals surface area contributed by atoms with Crippen molar-refractivity contribution in [2.24, 2.45) is 11.3 Å². The fourth-order valence-corrected chi connectivity index (χ4v) is 6.14. The van der Waals surface area contributed by atoms with Gasteiger partial charge in [-0.1, -0.05) is 98.2 Å². The average molecular weight is 459 g/mol. The zero-order chi connectivity index (χ0) is 24.9. The monoisotopic (exact) mass is 458 g/mol. The smallest absolute Gasteiger partial charge is 0.122 e. The van der Waals surface area contributed by atoms with Gasteiger partial charge in [-0.15, -0.1) is 0 Å². The van der Waals surface area contributed by atoms with Crippen LogP contribution in [0.25, 0.3) is 5.76 Å². The second-order valence-corrected chi connectivity index (χ2v) is 10.7. The molecule has 0 aliphatic heterocycles. The minimum absolute atomic E-state index is 0.0513. The molecule has 0 fully saturated rings. The van der Waals surface area contributed by atoms with E-state index in [1.165, 1.54) is 34.3 Å². The normalized spacial score (nSPS) is 25.6. The Morgan fingerprint density at radius 3 is 2.56 bits per heavy atom. The summed E-state index contributed by atoms with van der Waals surface area (Å²) in [6, 6.07) is 8.81. The number of hydrogen-bond acceptors (Lipinski definition) is 2. The van der Waals surface area contributed by atoms with Crippen LogP contribution in [0.2, 0.25) is 0 Å². The molecule has 0 saturated carbocycles. The molecule has 0 spiro atoms. The largest absolute Gasteiger partial charge is 0.496 e. The predicted molar refractivity (Wildman–Crippen MR) is 145 cm³/mol. The number of aliphatic hydroxyl groups excluding tert-OH is 1. The third-order valence-corrected chi connectivity index (χ3v) is 7.99. The van der Waals surface area contributed by atoms with Gasteiger partial charge in [-0.3, -0.25) is 0 Å². The number of allylic oxidation sites excluding steroid dienone is 10. The van der Waals surface area contributed by atoms with Crippen LogP contribution in [0, 0.1) is 11.3 Å². The fourth-order valence-electron chi connectivity index (χ4n) is 6.14. The lowest BCUT2D eigenvalue weighted by Crippen LogP contribution is -2.45. The molecule has 0 bridgehead atoms. The summed E-state index contributed by atoms with van der Waals surface area (Å²) in [5.41, 5.74) is 8.03. The van der Waals surface area contributed by atoms with Gasteiger partial charge in [-0.25, -0.2) is 0 Å². The van der Waals surface area contributed by atoms with Gasteiger partial charge >= 0.3 is 0 Å². The van der Waals surface area contributed by atoms with Crippen molar-refractivity contribution >= 4 is 5.76 Å². The molecule has 0 aromatic heterocycles. The van der Waals surface area contributed by atoms with Gasteiger partial charge in [-0.05, 0) is 68.6 Å². The van der Waals surface area contributed by atoms with E-state index in [-0.39, 0.29) is 17.4 Å². The highest BCUT2D eigenvalue weighted by Crippen LogP contribution is 2.57. The zero-order valence-electron chi connectivity index (χ0n) is 22.1. The Balaban J connectivity index is 1.92. The molecule has 182 valence electrons. The van der Waals surface area contributed by atoms with E-state index >= 15 is 0 Å². The Hall–Kier alpha value is -2.58. The van der Waals surface area contributed by atoms with Gasteiger partial charge in [0, 0.05) is 11.0 Å². The average Bonchev–Trinajstić information content (AvgIpc) is 2.79. The summed E-state index contributed by atoms with van der Waals surface area (Å²) in [7, 11) is 1.78. The van der Waals surface area contributed by atoms with Crippen LogP contribution in [0.3, 0.4) is 0 Å². The summed E-state index contributed by atoms with van der Waals surface area (Å²) in [4.78, 5) is 0. The summed E-state index contributed by atoms with van der Waals surface area (Å²) in [5, 5.41) is 9.01. The molecule has 2 aliphatic carbocycles. The first-order valence-corrected chi connectivity index (χ1v) is 12.5. The quantitative estimate of drug-likeness (QED) is 0.418. The Morgan fingerprint density at radius 1 is 1.12 bits per heavy atom. The van der Waals surface area contributed by atoms with E-state index in [4.69, 9.17) is 9.84 Å². The standard InChI is InChI=1S/C32H42O2/c1-23(11-10-12-24(2)20-22-33)15-17-27-25(3)16-18-30(31(27,4)5)32(6)21-19-29(34-7)26-13-8-9-14-28(26)32/h8-15,17,19-20,30,33H,16,18,21-22H2,1-7H3/b12-10+,17-15+,23-11+,24-20+. The van der Waals surface area contributed by atoms with Crippen molar-refractivity contribution in [1.29, 1.82) is 0 Å². The van der Waals surface area contributed by atoms with Crippen molar-refractivity contribution < 1.29 is 9.84 Å². The maximum Gasteiger partial charge on any atom is 0.122 e. The number of benzene rings is 1. The van der Waals surface area contributed by atoms with Crippen molar-refractivity contribution in [3.63, 3.8) is 0 Å². The number of rotatable bonds is 7. The lowest BCUT2D eigenvalue weighted by Gasteiger charge is -2.52. The van der Waals surface area contributed by atoms with Gasteiger partial charge < -0.3 is 9.84 Å². The third kappa shape index (κ3) is 5.23. The Labute approximate surface area is 207 Å².